The van der Waals surface area contributed by atoms with Crippen molar-refractivity contribution >= 4 is 17.3 Å². The molecule has 0 aliphatic rings. The molecule has 0 spiro atoms. The Bertz CT molecular complexity index is 433. The lowest BCUT2D eigenvalue weighted by atomic mass is 10.2. The van der Waals surface area contributed by atoms with Crippen molar-refractivity contribution in [1.29, 1.82) is 0 Å². The minimum atomic E-state index is -0.693. The first-order valence-corrected chi connectivity index (χ1v) is 4.93. The van der Waals surface area contributed by atoms with Gasteiger partial charge < -0.3 is 15.5 Å². The quantitative estimate of drug-likeness (QED) is 0.404. The largest absolute Gasteiger partial charge is 0.505 e. The molecular formula is C10H12N2O5. The second-order valence-corrected chi connectivity index (χ2v) is 3.30. The number of hydrogen-bond donors (Lipinski definition) is 3. The molecule has 0 aliphatic heterocycles. The molecule has 0 unspecified atom stereocenters. The van der Waals surface area contributed by atoms with Crippen LogP contribution in [0.15, 0.2) is 18.2 Å². The summed E-state index contributed by atoms with van der Waals surface area (Å²) in [6, 6.07) is 3.74. The minimum Gasteiger partial charge on any atom is -0.505 e. The van der Waals surface area contributed by atoms with Crippen LogP contribution in [0.5, 0.6) is 5.75 Å². The van der Waals surface area contributed by atoms with Gasteiger partial charge in [0, 0.05) is 19.1 Å². The number of aliphatic hydroxyl groups is 1. The zero-order chi connectivity index (χ0) is 12.8. The Morgan fingerprint density at radius 2 is 2.18 bits per heavy atom. The number of hydrogen-bond acceptors (Lipinski definition) is 5. The maximum Gasteiger partial charge on any atom is 0.296 e. The van der Waals surface area contributed by atoms with Gasteiger partial charge in [-0.3, -0.25) is 14.9 Å². The Labute approximate surface area is 96.8 Å². The number of aliphatic hydroxyl groups excluding tert-OH is 1. The van der Waals surface area contributed by atoms with Gasteiger partial charge in [-0.2, -0.15) is 0 Å². The molecule has 1 rings (SSSR count). The van der Waals surface area contributed by atoms with Gasteiger partial charge in [-0.25, -0.2) is 0 Å². The maximum absolute atomic E-state index is 11.3. The molecule has 1 amide bonds. The highest BCUT2D eigenvalue weighted by atomic mass is 16.6. The van der Waals surface area contributed by atoms with Crippen molar-refractivity contribution in [1.82, 2.24) is 0 Å². The molecule has 0 radical (unpaired) electrons. The highest BCUT2D eigenvalue weighted by Gasteiger charge is 2.18. The predicted molar refractivity (Wildman–Crippen MR) is 59.7 cm³/mol. The molecule has 17 heavy (non-hydrogen) atoms. The van der Waals surface area contributed by atoms with Crippen LogP contribution in [0.4, 0.5) is 11.4 Å². The monoisotopic (exact) mass is 240 g/mol. The Kier molecular flexibility index (Phi) is 4.41. The molecule has 7 heteroatoms. The number of rotatable bonds is 5. The second-order valence-electron chi connectivity index (χ2n) is 3.30. The Morgan fingerprint density at radius 3 is 2.76 bits per heavy atom. The number of nitro benzene ring substituents is 1. The molecule has 0 aromatic heterocycles. The number of aromatic hydroxyl groups is 1. The molecule has 0 bridgehead atoms. The van der Waals surface area contributed by atoms with Crippen molar-refractivity contribution in [2.75, 3.05) is 11.9 Å². The smallest absolute Gasteiger partial charge is 0.296 e. The van der Waals surface area contributed by atoms with Crippen molar-refractivity contribution in [2.24, 2.45) is 0 Å². The fourth-order valence-corrected chi connectivity index (χ4v) is 1.25. The van der Waals surface area contributed by atoms with Gasteiger partial charge in [0.05, 0.1) is 4.92 Å². The van der Waals surface area contributed by atoms with E-state index in [1.54, 1.807) is 0 Å². The van der Waals surface area contributed by atoms with Crippen LogP contribution in [-0.2, 0) is 4.79 Å². The molecule has 0 fully saturated rings. The van der Waals surface area contributed by atoms with E-state index in [0.29, 0.717) is 0 Å². The second kappa shape index (κ2) is 5.80. The van der Waals surface area contributed by atoms with Crippen LogP contribution >= 0.6 is 0 Å². The summed E-state index contributed by atoms with van der Waals surface area (Å²) in [5.74, 6) is -0.861. The molecule has 0 saturated carbocycles. The standard InChI is InChI=1S/C10H12N2O5/c13-6-2-5-9(15)11-10-7(12(16)17)3-1-4-8(10)14/h1,3-4,13-14H,2,5-6H2,(H,11,15). The summed E-state index contributed by atoms with van der Waals surface area (Å²) in [4.78, 5) is 21.3. The molecule has 1 aromatic carbocycles. The van der Waals surface area contributed by atoms with Crippen LogP contribution in [0.25, 0.3) is 0 Å². The fraction of sp³-hybridized carbons (Fsp3) is 0.300. The van der Waals surface area contributed by atoms with Gasteiger partial charge in [0.25, 0.3) is 5.69 Å². The summed E-state index contributed by atoms with van der Waals surface area (Å²) in [6.07, 6.45) is 0.287. The van der Waals surface area contributed by atoms with E-state index in [9.17, 15) is 20.0 Å². The van der Waals surface area contributed by atoms with Crippen LogP contribution in [0.1, 0.15) is 12.8 Å². The Balaban J connectivity index is 2.89. The SMILES string of the molecule is O=C(CCCO)Nc1c(O)cccc1[N+](=O)[O-]. The van der Waals surface area contributed by atoms with Gasteiger partial charge in [0.15, 0.2) is 5.69 Å². The van der Waals surface area contributed by atoms with Gasteiger partial charge in [-0.05, 0) is 12.5 Å². The number of phenolic OH excluding ortho intramolecular Hbond substituents is 1. The predicted octanol–water partition coefficient (Wildman–Crippen LogP) is 1.01. The number of amides is 1. The Morgan fingerprint density at radius 1 is 1.47 bits per heavy atom. The van der Waals surface area contributed by atoms with Crippen LogP contribution in [-0.4, -0.2) is 27.7 Å². The van der Waals surface area contributed by atoms with E-state index in [2.05, 4.69) is 5.32 Å². The molecule has 92 valence electrons. The van der Waals surface area contributed by atoms with Crippen LogP contribution in [0.3, 0.4) is 0 Å². The molecule has 0 atom stereocenters. The average molecular weight is 240 g/mol. The number of benzene rings is 1. The topological polar surface area (TPSA) is 113 Å². The summed E-state index contributed by atoms with van der Waals surface area (Å²) in [5, 5.41) is 30.9. The number of carbonyl (C=O) groups is 1. The third-order valence-corrected chi connectivity index (χ3v) is 2.04. The first-order valence-electron chi connectivity index (χ1n) is 4.93. The summed E-state index contributed by atoms with van der Waals surface area (Å²) in [6.45, 7) is -0.143. The first kappa shape index (κ1) is 12.9. The van der Waals surface area contributed by atoms with Crippen molar-refractivity contribution in [3.8, 4) is 5.75 Å². The van der Waals surface area contributed by atoms with Crippen LogP contribution in [0, 0.1) is 10.1 Å². The van der Waals surface area contributed by atoms with Crippen molar-refractivity contribution in [3.05, 3.63) is 28.3 Å². The van der Waals surface area contributed by atoms with Crippen molar-refractivity contribution < 1.29 is 19.9 Å². The average Bonchev–Trinajstić information content (AvgIpc) is 2.28. The summed E-state index contributed by atoms with van der Waals surface area (Å²) in [7, 11) is 0. The van der Waals surface area contributed by atoms with E-state index < -0.39 is 10.8 Å². The first-order chi connectivity index (χ1) is 8.06. The minimum absolute atomic E-state index is 0.0298. The van der Waals surface area contributed by atoms with E-state index in [0.717, 1.165) is 0 Å². The number of carbonyl (C=O) groups excluding carboxylic acids is 1. The highest BCUT2D eigenvalue weighted by Crippen LogP contribution is 2.33. The number of phenols is 1. The zero-order valence-corrected chi connectivity index (χ0v) is 8.92. The lowest BCUT2D eigenvalue weighted by Gasteiger charge is -2.07. The van der Waals surface area contributed by atoms with Gasteiger partial charge >= 0.3 is 0 Å². The molecule has 0 aliphatic carbocycles. The Hall–Kier alpha value is -2.15. The number of para-hydroxylation sites is 1. The molecule has 1 aromatic rings. The normalized spacial score (nSPS) is 9.94. The molecule has 3 N–H and O–H groups in total. The number of nitro groups is 1. The third kappa shape index (κ3) is 3.42. The maximum atomic E-state index is 11.3. The van der Waals surface area contributed by atoms with Crippen LogP contribution < -0.4 is 5.32 Å². The van der Waals surface area contributed by atoms with Crippen LogP contribution in [0.2, 0.25) is 0 Å². The molecule has 7 nitrogen and oxygen atoms in total. The summed E-state index contributed by atoms with van der Waals surface area (Å²) >= 11 is 0. The molecule has 0 saturated heterocycles. The van der Waals surface area contributed by atoms with E-state index in [1.165, 1.54) is 18.2 Å². The fourth-order valence-electron chi connectivity index (χ4n) is 1.25. The number of nitrogens with zero attached hydrogens (tertiary/aromatic N) is 1. The third-order valence-electron chi connectivity index (χ3n) is 2.04. The van der Waals surface area contributed by atoms with Gasteiger partial charge in [0.1, 0.15) is 5.75 Å². The van der Waals surface area contributed by atoms with E-state index in [4.69, 9.17) is 5.11 Å². The van der Waals surface area contributed by atoms with Crippen molar-refractivity contribution in [3.63, 3.8) is 0 Å². The van der Waals surface area contributed by atoms with E-state index >= 15 is 0 Å². The molecular weight excluding hydrogens is 228 g/mol. The molecule has 0 heterocycles. The van der Waals surface area contributed by atoms with Gasteiger partial charge in [-0.15, -0.1) is 0 Å². The number of nitrogens with one attached hydrogen (secondary N) is 1. The van der Waals surface area contributed by atoms with Crippen molar-refractivity contribution in [2.45, 2.75) is 12.8 Å². The number of anilines is 1. The summed E-state index contributed by atoms with van der Waals surface area (Å²) in [5.41, 5.74) is -0.595. The lowest BCUT2D eigenvalue weighted by Crippen LogP contribution is -2.13. The van der Waals surface area contributed by atoms with Gasteiger partial charge in [0.2, 0.25) is 5.91 Å². The van der Waals surface area contributed by atoms with E-state index in [-0.39, 0.29) is 36.6 Å². The summed E-state index contributed by atoms with van der Waals surface area (Å²) < 4.78 is 0. The lowest BCUT2D eigenvalue weighted by molar-refractivity contribution is -0.384. The van der Waals surface area contributed by atoms with Gasteiger partial charge in [-0.1, -0.05) is 6.07 Å². The van der Waals surface area contributed by atoms with E-state index in [1.807, 2.05) is 0 Å². The zero-order valence-electron chi connectivity index (χ0n) is 8.92. The highest BCUT2D eigenvalue weighted by molar-refractivity contribution is 5.94.